The number of rotatable bonds is 8. The van der Waals surface area contributed by atoms with Crippen LogP contribution >= 0.6 is 22.6 Å². The Morgan fingerprint density at radius 2 is 1.82 bits per heavy atom. The number of aryl methyl sites for hydroxylation is 1. The molecule has 1 aliphatic carbocycles. The largest absolute Gasteiger partial charge is 0.490 e. The lowest BCUT2D eigenvalue weighted by Crippen LogP contribution is -2.25. The van der Waals surface area contributed by atoms with Gasteiger partial charge in [-0.2, -0.15) is 9.78 Å². The van der Waals surface area contributed by atoms with Crippen molar-refractivity contribution in [2.75, 3.05) is 6.61 Å². The van der Waals surface area contributed by atoms with Gasteiger partial charge >= 0.3 is 0 Å². The summed E-state index contributed by atoms with van der Waals surface area (Å²) in [6.45, 7) is 4.99. The third-order valence-corrected chi connectivity index (χ3v) is 7.71. The molecule has 0 aliphatic heterocycles. The zero-order valence-corrected chi connectivity index (χ0v) is 24.0. The Bertz CT molecular complexity index is 1510. The molecule has 0 unspecified atom stereocenters. The highest BCUT2D eigenvalue weighted by atomic mass is 127. The molecule has 4 aromatic rings. The molecular formula is C31H32IN3O3. The maximum Gasteiger partial charge on any atom is 0.282 e. The molecule has 3 aromatic carbocycles. The van der Waals surface area contributed by atoms with Gasteiger partial charge < -0.3 is 9.47 Å². The second kappa shape index (κ2) is 12.1. The van der Waals surface area contributed by atoms with Gasteiger partial charge in [0.15, 0.2) is 11.5 Å². The van der Waals surface area contributed by atoms with Crippen LogP contribution in [0.5, 0.6) is 11.5 Å². The first-order valence-electron chi connectivity index (χ1n) is 13.2. The summed E-state index contributed by atoms with van der Waals surface area (Å²) in [6, 6.07) is 19.7. The molecule has 0 bridgehead atoms. The maximum atomic E-state index is 13.5. The molecule has 0 amide bonds. The van der Waals surface area contributed by atoms with Crippen molar-refractivity contribution < 1.29 is 9.47 Å². The number of para-hydroxylation sites is 1. The molecule has 1 heterocycles. The number of benzene rings is 3. The van der Waals surface area contributed by atoms with Crippen LogP contribution in [0.3, 0.4) is 0 Å². The molecule has 1 aromatic heterocycles. The van der Waals surface area contributed by atoms with Crippen molar-refractivity contribution in [3.8, 4) is 11.5 Å². The van der Waals surface area contributed by atoms with Crippen LogP contribution in [0.25, 0.3) is 10.9 Å². The molecule has 7 heteroatoms. The number of hydrogen-bond donors (Lipinski definition) is 0. The summed E-state index contributed by atoms with van der Waals surface area (Å²) in [6.07, 6.45) is 7.31. The Kier molecular flexibility index (Phi) is 8.42. The Morgan fingerprint density at radius 1 is 1.05 bits per heavy atom. The van der Waals surface area contributed by atoms with E-state index in [1.807, 2.05) is 43.3 Å². The molecule has 1 aliphatic rings. The van der Waals surface area contributed by atoms with Gasteiger partial charge in [0.25, 0.3) is 5.56 Å². The highest BCUT2D eigenvalue weighted by molar-refractivity contribution is 14.1. The van der Waals surface area contributed by atoms with Gasteiger partial charge in [0.2, 0.25) is 0 Å². The number of fused-ring (bicyclic) bond motifs is 1. The predicted octanol–water partition coefficient (Wildman–Crippen LogP) is 7.22. The average Bonchev–Trinajstić information content (AvgIpc) is 2.93. The second-order valence-corrected chi connectivity index (χ2v) is 10.9. The number of hydrogen-bond acceptors (Lipinski definition) is 5. The summed E-state index contributed by atoms with van der Waals surface area (Å²) in [4.78, 5) is 18.4. The van der Waals surface area contributed by atoms with Crippen molar-refractivity contribution in [3.05, 3.63) is 97.1 Å². The molecule has 1 fully saturated rings. The Balaban J connectivity index is 1.48. The van der Waals surface area contributed by atoms with Crippen LogP contribution in [-0.2, 0) is 6.61 Å². The quantitative estimate of drug-likeness (QED) is 0.154. The SMILES string of the molecule is CCOc1cc(C=Nn2c(C3CCCCC3)nc3ccccc3c2=O)cc(I)c1OCc1ccc(C)cc1. The van der Waals surface area contributed by atoms with Crippen LogP contribution in [0, 0.1) is 10.5 Å². The van der Waals surface area contributed by atoms with Crippen molar-refractivity contribution in [3.63, 3.8) is 0 Å². The fraction of sp³-hybridized carbons (Fsp3) is 0.323. The normalized spacial score (nSPS) is 14.3. The van der Waals surface area contributed by atoms with Crippen molar-refractivity contribution >= 4 is 39.7 Å². The number of halogens is 1. The van der Waals surface area contributed by atoms with Crippen LogP contribution in [0.15, 0.2) is 70.6 Å². The standard InChI is InChI=1S/C31H32IN3O3/c1-3-37-28-18-23(17-26(32)29(28)38-20-22-15-13-21(2)14-16-22)19-33-35-30(24-9-5-4-6-10-24)34-27-12-8-7-11-25(27)31(35)36/h7-8,11-19,24H,3-6,9-10,20H2,1-2H3. The fourth-order valence-electron chi connectivity index (χ4n) is 4.91. The van der Waals surface area contributed by atoms with Crippen molar-refractivity contribution in [1.29, 1.82) is 0 Å². The second-order valence-electron chi connectivity index (χ2n) is 9.72. The highest BCUT2D eigenvalue weighted by Crippen LogP contribution is 2.35. The van der Waals surface area contributed by atoms with Crippen LogP contribution in [-0.4, -0.2) is 22.5 Å². The summed E-state index contributed by atoms with van der Waals surface area (Å²) < 4.78 is 14.6. The first-order valence-corrected chi connectivity index (χ1v) is 14.3. The molecule has 0 saturated heterocycles. The summed E-state index contributed by atoms with van der Waals surface area (Å²) in [7, 11) is 0. The molecule has 0 atom stereocenters. The minimum Gasteiger partial charge on any atom is -0.490 e. The highest BCUT2D eigenvalue weighted by Gasteiger charge is 2.22. The van der Waals surface area contributed by atoms with Crippen LogP contribution < -0.4 is 15.0 Å². The van der Waals surface area contributed by atoms with E-state index in [1.165, 1.54) is 16.7 Å². The molecule has 196 valence electrons. The molecule has 0 N–H and O–H groups in total. The third-order valence-electron chi connectivity index (χ3n) is 6.91. The van der Waals surface area contributed by atoms with E-state index in [0.29, 0.717) is 30.1 Å². The first kappa shape index (κ1) is 26.4. The lowest BCUT2D eigenvalue weighted by atomic mass is 9.88. The Labute approximate surface area is 236 Å². The zero-order valence-electron chi connectivity index (χ0n) is 21.8. The van der Waals surface area contributed by atoms with Gasteiger partial charge in [-0.1, -0.05) is 61.2 Å². The molecule has 0 spiro atoms. The van der Waals surface area contributed by atoms with E-state index in [0.717, 1.165) is 51.7 Å². The minimum atomic E-state index is -0.134. The lowest BCUT2D eigenvalue weighted by Gasteiger charge is -2.22. The van der Waals surface area contributed by atoms with E-state index >= 15 is 0 Å². The van der Waals surface area contributed by atoms with E-state index in [1.54, 1.807) is 6.21 Å². The van der Waals surface area contributed by atoms with Gasteiger partial charge in [-0.25, -0.2) is 4.98 Å². The number of nitrogens with zero attached hydrogens (tertiary/aromatic N) is 3. The van der Waals surface area contributed by atoms with E-state index < -0.39 is 0 Å². The maximum absolute atomic E-state index is 13.5. The molecule has 6 nitrogen and oxygen atoms in total. The average molecular weight is 622 g/mol. The van der Waals surface area contributed by atoms with Gasteiger partial charge in [0, 0.05) is 5.92 Å². The monoisotopic (exact) mass is 621 g/mol. The van der Waals surface area contributed by atoms with Gasteiger partial charge in [0.1, 0.15) is 12.4 Å². The van der Waals surface area contributed by atoms with Crippen molar-refractivity contribution in [2.45, 2.75) is 58.5 Å². The van der Waals surface area contributed by atoms with E-state index in [2.05, 4.69) is 53.8 Å². The fourth-order valence-corrected chi connectivity index (χ4v) is 5.69. The molecule has 38 heavy (non-hydrogen) atoms. The van der Waals surface area contributed by atoms with Gasteiger partial charge in [-0.3, -0.25) is 4.79 Å². The summed E-state index contributed by atoms with van der Waals surface area (Å²) in [5.41, 5.74) is 3.74. The van der Waals surface area contributed by atoms with Gasteiger partial charge in [-0.15, -0.1) is 0 Å². The zero-order chi connectivity index (χ0) is 26.5. The molecule has 0 radical (unpaired) electrons. The van der Waals surface area contributed by atoms with Gasteiger partial charge in [0.05, 0.1) is 27.3 Å². The first-order chi connectivity index (χ1) is 18.5. The smallest absolute Gasteiger partial charge is 0.282 e. The molecule has 1 saturated carbocycles. The van der Waals surface area contributed by atoms with E-state index in [-0.39, 0.29) is 11.5 Å². The van der Waals surface area contributed by atoms with Crippen LogP contribution in [0.2, 0.25) is 0 Å². The van der Waals surface area contributed by atoms with Crippen molar-refractivity contribution in [1.82, 2.24) is 9.66 Å². The molecule has 5 rings (SSSR count). The summed E-state index contributed by atoms with van der Waals surface area (Å²) in [5, 5.41) is 5.27. The Morgan fingerprint density at radius 3 is 2.58 bits per heavy atom. The van der Waals surface area contributed by atoms with Crippen LogP contribution in [0.4, 0.5) is 0 Å². The number of ether oxygens (including phenoxy) is 2. The lowest BCUT2D eigenvalue weighted by molar-refractivity contribution is 0.267. The van der Waals surface area contributed by atoms with E-state index in [4.69, 9.17) is 19.6 Å². The predicted molar refractivity (Wildman–Crippen MR) is 161 cm³/mol. The van der Waals surface area contributed by atoms with Crippen LogP contribution in [0.1, 0.15) is 67.5 Å². The minimum absolute atomic E-state index is 0.134. The van der Waals surface area contributed by atoms with Crippen molar-refractivity contribution in [2.24, 2.45) is 5.10 Å². The molecular weight excluding hydrogens is 589 g/mol. The summed E-state index contributed by atoms with van der Waals surface area (Å²) in [5.74, 6) is 2.35. The third kappa shape index (κ3) is 5.93. The number of aromatic nitrogens is 2. The topological polar surface area (TPSA) is 65.7 Å². The van der Waals surface area contributed by atoms with E-state index in [9.17, 15) is 4.79 Å². The summed E-state index contributed by atoms with van der Waals surface area (Å²) >= 11 is 2.27. The Hall–Kier alpha value is -3.20. The van der Waals surface area contributed by atoms with Gasteiger partial charge in [-0.05, 0) is 84.7 Å².